The lowest BCUT2D eigenvalue weighted by Crippen LogP contribution is -2.13. The fourth-order valence-corrected chi connectivity index (χ4v) is 0.181. The van der Waals surface area contributed by atoms with Gasteiger partial charge in [0.1, 0.15) is 0 Å². The third-order valence-electron chi connectivity index (χ3n) is 0.493. The fourth-order valence-electron chi connectivity index (χ4n) is 0.181. The SMILES string of the molecule is CC.CC.NCCCNO. The molecule has 0 aromatic heterocycles. The van der Waals surface area contributed by atoms with Crippen molar-refractivity contribution in [1.29, 1.82) is 0 Å². The highest BCUT2D eigenvalue weighted by atomic mass is 16.5. The molecule has 3 nitrogen and oxygen atoms in total. The minimum absolute atomic E-state index is 0.594. The van der Waals surface area contributed by atoms with E-state index >= 15 is 0 Å². The lowest BCUT2D eigenvalue weighted by molar-refractivity contribution is 0.166. The molecule has 0 aliphatic rings. The Morgan fingerprint density at radius 1 is 1.20 bits per heavy atom. The molecule has 0 atom stereocenters. The molecule has 0 bridgehead atoms. The van der Waals surface area contributed by atoms with Gasteiger partial charge in [-0.3, -0.25) is 0 Å². The van der Waals surface area contributed by atoms with Crippen molar-refractivity contribution in [3.63, 3.8) is 0 Å². The molecular weight excluding hydrogens is 128 g/mol. The van der Waals surface area contributed by atoms with Crippen LogP contribution in [0.4, 0.5) is 0 Å². The topological polar surface area (TPSA) is 58.3 Å². The van der Waals surface area contributed by atoms with Crippen LogP contribution in [-0.2, 0) is 0 Å². The Morgan fingerprint density at radius 2 is 1.60 bits per heavy atom. The van der Waals surface area contributed by atoms with Crippen molar-refractivity contribution in [2.24, 2.45) is 5.73 Å². The Bertz CT molecular complexity index is 23.6. The Hall–Kier alpha value is -0.120. The summed E-state index contributed by atoms with van der Waals surface area (Å²) in [7, 11) is 0. The monoisotopic (exact) mass is 150 g/mol. The highest BCUT2D eigenvalue weighted by Crippen LogP contribution is 1.62. The minimum atomic E-state index is 0.594. The summed E-state index contributed by atoms with van der Waals surface area (Å²) in [5, 5.41) is 7.89. The summed E-state index contributed by atoms with van der Waals surface area (Å²) >= 11 is 0. The second-order valence-corrected chi connectivity index (χ2v) is 1.05. The Balaban J connectivity index is -0.000000105. The molecule has 3 heteroatoms. The highest BCUT2D eigenvalue weighted by Gasteiger charge is 1.74. The van der Waals surface area contributed by atoms with E-state index in [1.807, 2.05) is 33.2 Å². The van der Waals surface area contributed by atoms with Crippen LogP contribution in [0.15, 0.2) is 0 Å². The molecule has 0 aliphatic heterocycles. The molecular formula is C7H22N2O. The molecule has 66 valence electrons. The summed E-state index contributed by atoms with van der Waals surface area (Å²) in [6, 6.07) is 0. The van der Waals surface area contributed by atoms with Crippen LogP contribution >= 0.6 is 0 Å². The lowest BCUT2D eigenvalue weighted by atomic mass is 10.4. The van der Waals surface area contributed by atoms with Crippen LogP contribution in [0.25, 0.3) is 0 Å². The van der Waals surface area contributed by atoms with Gasteiger partial charge in [0.25, 0.3) is 0 Å². The zero-order chi connectivity index (χ0) is 8.83. The number of hydrogen-bond donors (Lipinski definition) is 3. The third kappa shape index (κ3) is 45.0. The van der Waals surface area contributed by atoms with Crippen LogP contribution < -0.4 is 11.2 Å². The van der Waals surface area contributed by atoms with Gasteiger partial charge in [0.05, 0.1) is 0 Å². The van der Waals surface area contributed by atoms with E-state index in [1.54, 1.807) is 0 Å². The van der Waals surface area contributed by atoms with Gasteiger partial charge in [0, 0.05) is 6.54 Å². The van der Waals surface area contributed by atoms with E-state index < -0.39 is 0 Å². The average molecular weight is 150 g/mol. The van der Waals surface area contributed by atoms with Crippen molar-refractivity contribution in [2.75, 3.05) is 13.1 Å². The standard InChI is InChI=1S/C3H10N2O.2C2H6/c4-2-1-3-5-6;2*1-2/h5-6H,1-4H2;2*1-2H3. The van der Waals surface area contributed by atoms with Crippen LogP contribution in [0.2, 0.25) is 0 Å². The third-order valence-corrected chi connectivity index (χ3v) is 0.493. The number of rotatable bonds is 3. The van der Waals surface area contributed by atoms with Crippen LogP contribution in [0.1, 0.15) is 34.1 Å². The zero-order valence-corrected chi connectivity index (χ0v) is 7.65. The first-order valence-electron chi connectivity index (χ1n) is 3.99. The van der Waals surface area contributed by atoms with Crippen LogP contribution in [-0.4, -0.2) is 18.3 Å². The van der Waals surface area contributed by atoms with Gasteiger partial charge < -0.3 is 10.9 Å². The molecule has 0 fully saturated rings. The number of nitrogens with two attached hydrogens (primary N) is 1. The first kappa shape index (κ1) is 16.5. The molecule has 10 heavy (non-hydrogen) atoms. The Morgan fingerprint density at radius 3 is 1.70 bits per heavy atom. The molecule has 0 unspecified atom stereocenters. The number of hydrogen-bond acceptors (Lipinski definition) is 3. The zero-order valence-electron chi connectivity index (χ0n) is 7.65. The van der Waals surface area contributed by atoms with Gasteiger partial charge in [-0.2, -0.15) is 0 Å². The minimum Gasteiger partial charge on any atom is -0.330 e. The smallest absolute Gasteiger partial charge is 0.0219 e. The van der Waals surface area contributed by atoms with Gasteiger partial charge in [0.2, 0.25) is 0 Å². The summed E-state index contributed by atoms with van der Waals surface area (Å²) in [5.41, 5.74) is 7.05. The molecule has 0 aliphatic carbocycles. The van der Waals surface area contributed by atoms with Crippen LogP contribution in [0.3, 0.4) is 0 Å². The predicted molar refractivity (Wildman–Crippen MR) is 46.2 cm³/mol. The van der Waals surface area contributed by atoms with E-state index in [0.29, 0.717) is 13.1 Å². The van der Waals surface area contributed by atoms with Crippen molar-refractivity contribution in [1.82, 2.24) is 5.48 Å². The van der Waals surface area contributed by atoms with E-state index in [4.69, 9.17) is 10.9 Å². The molecule has 4 N–H and O–H groups in total. The molecule has 0 amide bonds. The summed E-state index contributed by atoms with van der Waals surface area (Å²) in [5.74, 6) is 0. The normalized spacial score (nSPS) is 6.60. The summed E-state index contributed by atoms with van der Waals surface area (Å²) in [6.45, 7) is 9.23. The van der Waals surface area contributed by atoms with Gasteiger partial charge in [0.15, 0.2) is 0 Å². The maximum Gasteiger partial charge on any atom is 0.0219 e. The van der Waals surface area contributed by atoms with Crippen LogP contribution in [0, 0.1) is 0 Å². The summed E-state index contributed by atoms with van der Waals surface area (Å²) < 4.78 is 0. The van der Waals surface area contributed by atoms with E-state index in [-0.39, 0.29) is 0 Å². The maximum absolute atomic E-state index is 7.89. The van der Waals surface area contributed by atoms with Crippen molar-refractivity contribution < 1.29 is 5.21 Å². The van der Waals surface area contributed by atoms with E-state index in [0.717, 1.165) is 6.42 Å². The van der Waals surface area contributed by atoms with Crippen molar-refractivity contribution in [3.05, 3.63) is 0 Å². The summed E-state index contributed by atoms with van der Waals surface area (Å²) in [4.78, 5) is 0. The van der Waals surface area contributed by atoms with Crippen LogP contribution in [0.5, 0.6) is 0 Å². The van der Waals surface area contributed by atoms with E-state index in [9.17, 15) is 0 Å². The van der Waals surface area contributed by atoms with Gasteiger partial charge in [-0.15, -0.1) is 0 Å². The van der Waals surface area contributed by atoms with Crippen molar-refractivity contribution >= 4 is 0 Å². The maximum atomic E-state index is 7.89. The van der Waals surface area contributed by atoms with E-state index in [2.05, 4.69) is 0 Å². The van der Waals surface area contributed by atoms with Gasteiger partial charge in [-0.1, -0.05) is 27.7 Å². The Labute approximate surface area is 64.6 Å². The molecule has 0 heterocycles. The lowest BCUT2D eigenvalue weighted by Gasteiger charge is -1.89. The second kappa shape index (κ2) is 36.6. The van der Waals surface area contributed by atoms with Gasteiger partial charge in [-0.25, -0.2) is 5.48 Å². The summed E-state index contributed by atoms with van der Waals surface area (Å²) in [6.07, 6.45) is 0.830. The van der Waals surface area contributed by atoms with Crippen molar-refractivity contribution in [3.8, 4) is 0 Å². The molecule has 0 saturated heterocycles. The van der Waals surface area contributed by atoms with Crippen molar-refractivity contribution in [2.45, 2.75) is 34.1 Å². The first-order chi connectivity index (χ1) is 4.91. The highest BCUT2D eigenvalue weighted by molar-refractivity contribution is 4.35. The second-order valence-electron chi connectivity index (χ2n) is 1.05. The largest absolute Gasteiger partial charge is 0.330 e. The number of hydroxylamine groups is 1. The predicted octanol–water partition coefficient (Wildman–Crippen LogP) is 1.37. The molecule has 0 spiro atoms. The molecule has 0 rings (SSSR count). The molecule has 0 aromatic rings. The number of nitrogens with one attached hydrogen (secondary N) is 1. The fraction of sp³-hybridized carbons (Fsp3) is 1.00. The quantitative estimate of drug-likeness (QED) is 0.420. The molecule has 0 saturated carbocycles. The first-order valence-corrected chi connectivity index (χ1v) is 3.99. The Kier molecular flexibility index (Phi) is 60.3. The average Bonchev–Trinajstić information content (AvgIpc) is 2.08. The molecule has 0 radical (unpaired) electrons. The van der Waals surface area contributed by atoms with Gasteiger partial charge >= 0.3 is 0 Å². The van der Waals surface area contributed by atoms with E-state index in [1.165, 1.54) is 0 Å². The van der Waals surface area contributed by atoms with Gasteiger partial charge in [-0.05, 0) is 13.0 Å². The molecule has 0 aromatic carbocycles.